The number of benzene rings is 1. The topological polar surface area (TPSA) is 49.7 Å². The highest BCUT2D eigenvalue weighted by atomic mass is 16.3. The fraction of sp³-hybridized carbons (Fsp3) is 0.222. The van der Waals surface area contributed by atoms with E-state index in [1.807, 2.05) is 6.92 Å². The van der Waals surface area contributed by atoms with Crippen molar-refractivity contribution in [1.82, 2.24) is 0 Å². The number of hydrogen-bond donors (Lipinski definition) is 1. The largest absolute Gasteiger partial charge is 0.506 e. The molecular weight excluding hydrogens is 154 g/mol. The molecule has 0 saturated carbocycles. The van der Waals surface area contributed by atoms with E-state index in [9.17, 15) is 9.90 Å². The molecule has 1 rings (SSSR count). The molecule has 12 heavy (non-hydrogen) atoms. The average molecular weight is 163 g/mol. The second-order valence-electron chi connectivity index (χ2n) is 2.38. The number of aliphatic imine (C=N–C) groups is 1. The number of hydrogen-bond acceptors (Lipinski definition) is 3. The van der Waals surface area contributed by atoms with Gasteiger partial charge in [-0.05, 0) is 24.1 Å². The molecule has 1 aromatic carbocycles. The number of phenolic OH excluding ortho intramolecular Hbond substituents is 1. The van der Waals surface area contributed by atoms with Gasteiger partial charge in [0, 0.05) is 0 Å². The number of aromatic hydroxyl groups is 1. The number of nitrogens with zero attached hydrogens (tertiary/aromatic N) is 1. The molecule has 0 aromatic heterocycles. The molecular formula is C9H9NO2. The summed E-state index contributed by atoms with van der Waals surface area (Å²) in [6.45, 7) is 1.99. The van der Waals surface area contributed by atoms with Crippen molar-refractivity contribution in [2.45, 2.75) is 13.3 Å². The Labute approximate surface area is 70.4 Å². The molecule has 3 heteroatoms. The van der Waals surface area contributed by atoms with E-state index in [0.717, 1.165) is 12.0 Å². The van der Waals surface area contributed by atoms with Gasteiger partial charge in [0.05, 0.1) is 0 Å². The van der Waals surface area contributed by atoms with Crippen LogP contribution in [0.5, 0.6) is 5.75 Å². The van der Waals surface area contributed by atoms with Crippen LogP contribution in [-0.2, 0) is 11.2 Å². The second-order valence-corrected chi connectivity index (χ2v) is 2.38. The molecule has 3 nitrogen and oxygen atoms in total. The van der Waals surface area contributed by atoms with E-state index in [1.165, 1.54) is 12.1 Å². The van der Waals surface area contributed by atoms with Crippen molar-refractivity contribution in [1.29, 1.82) is 0 Å². The quantitative estimate of drug-likeness (QED) is 0.535. The molecule has 0 aliphatic carbocycles. The molecule has 0 amide bonds. The zero-order valence-corrected chi connectivity index (χ0v) is 6.74. The van der Waals surface area contributed by atoms with E-state index in [0.29, 0.717) is 0 Å². The van der Waals surface area contributed by atoms with E-state index in [1.54, 1.807) is 12.1 Å². The van der Waals surface area contributed by atoms with Crippen molar-refractivity contribution in [3.8, 4) is 5.75 Å². The van der Waals surface area contributed by atoms with Gasteiger partial charge < -0.3 is 5.11 Å². The molecule has 0 unspecified atom stereocenters. The fourth-order valence-corrected chi connectivity index (χ4v) is 0.928. The second kappa shape index (κ2) is 3.69. The number of isocyanates is 1. The predicted molar refractivity (Wildman–Crippen MR) is 45.3 cm³/mol. The van der Waals surface area contributed by atoms with Crippen LogP contribution in [0, 0.1) is 0 Å². The van der Waals surface area contributed by atoms with E-state index in [2.05, 4.69) is 4.99 Å². The number of carbonyl (C=O) groups excluding carboxylic acids is 1. The molecule has 1 N–H and O–H groups in total. The highest BCUT2D eigenvalue weighted by Gasteiger charge is 1.99. The van der Waals surface area contributed by atoms with Gasteiger partial charge in [-0.3, -0.25) is 0 Å². The Bertz CT molecular complexity index is 327. The lowest BCUT2D eigenvalue weighted by Gasteiger charge is -1.99. The van der Waals surface area contributed by atoms with Crippen molar-refractivity contribution in [2.75, 3.05) is 0 Å². The summed E-state index contributed by atoms with van der Waals surface area (Å²) in [7, 11) is 0. The molecule has 0 aliphatic rings. The molecule has 0 heterocycles. The molecule has 0 atom stereocenters. The first-order valence-corrected chi connectivity index (χ1v) is 3.67. The zero-order valence-electron chi connectivity index (χ0n) is 6.74. The van der Waals surface area contributed by atoms with Gasteiger partial charge in [-0.1, -0.05) is 13.0 Å². The average Bonchev–Trinajstić information content (AvgIpc) is 2.09. The van der Waals surface area contributed by atoms with Crippen molar-refractivity contribution in [3.63, 3.8) is 0 Å². The first kappa shape index (κ1) is 8.50. The predicted octanol–water partition coefficient (Wildman–Crippen LogP) is 1.92. The third kappa shape index (κ3) is 1.71. The summed E-state index contributed by atoms with van der Waals surface area (Å²) in [6.07, 6.45) is 2.24. The molecule has 0 saturated heterocycles. The standard InChI is InChI=1S/C9H9NO2/c1-2-7-3-4-9(12)8(5-7)10-6-11/h3-5,12H,2H2,1H3. The Morgan fingerprint density at radius 1 is 1.58 bits per heavy atom. The van der Waals surface area contributed by atoms with E-state index in [4.69, 9.17) is 0 Å². The van der Waals surface area contributed by atoms with Crippen LogP contribution in [0.15, 0.2) is 23.2 Å². The Balaban J connectivity index is 3.16. The van der Waals surface area contributed by atoms with E-state index in [-0.39, 0.29) is 11.4 Å². The molecule has 0 fully saturated rings. The maximum atomic E-state index is 9.92. The summed E-state index contributed by atoms with van der Waals surface area (Å²) in [5, 5.41) is 9.19. The summed E-state index contributed by atoms with van der Waals surface area (Å²) in [4.78, 5) is 13.3. The minimum absolute atomic E-state index is 0.00977. The summed E-state index contributed by atoms with van der Waals surface area (Å²) in [5.41, 5.74) is 1.31. The van der Waals surface area contributed by atoms with Gasteiger partial charge in [0.25, 0.3) is 0 Å². The van der Waals surface area contributed by atoms with Crippen LogP contribution < -0.4 is 0 Å². The Hall–Kier alpha value is -1.60. The van der Waals surface area contributed by atoms with Gasteiger partial charge in [0.2, 0.25) is 6.08 Å². The summed E-state index contributed by atoms with van der Waals surface area (Å²) in [5.74, 6) is 0.00977. The van der Waals surface area contributed by atoms with Gasteiger partial charge in [-0.15, -0.1) is 0 Å². The van der Waals surface area contributed by atoms with Crippen molar-refractivity contribution in [2.24, 2.45) is 4.99 Å². The summed E-state index contributed by atoms with van der Waals surface area (Å²) in [6, 6.07) is 4.98. The third-order valence-electron chi connectivity index (χ3n) is 1.61. The molecule has 0 spiro atoms. The first-order chi connectivity index (χ1) is 5.77. The van der Waals surface area contributed by atoms with Gasteiger partial charge in [-0.25, -0.2) is 4.79 Å². The zero-order chi connectivity index (χ0) is 8.97. The van der Waals surface area contributed by atoms with Crippen LogP contribution in [-0.4, -0.2) is 11.2 Å². The third-order valence-corrected chi connectivity index (χ3v) is 1.61. The van der Waals surface area contributed by atoms with Crippen molar-refractivity contribution < 1.29 is 9.90 Å². The first-order valence-electron chi connectivity index (χ1n) is 3.67. The number of rotatable bonds is 2. The monoisotopic (exact) mass is 163 g/mol. The Kier molecular flexibility index (Phi) is 2.62. The maximum absolute atomic E-state index is 9.92. The Morgan fingerprint density at radius 3 is 2.92 bits per heavy atom. The number of aryl methyl sites for hydroxylation is 1. The summed E-state index contributed by atoms with van der Waals surface area (Å²) < 4.78 is 0. The highest BCUT2D eigenvalue weighted by molar-refractivity contribution is 5.58. The Morgan fingerprint density at radius 2 is 2.33 bits per heavy atom. The lowest BCUT2D eigenvalue weighted by atomic mass is 10.1. The SMILES string of the molecule is CCc1ccc(O)c(N=C=O)c1. The van der Waals surface area contributed by atoms with Crippen LogP contribution in [0.25, 0.3) is 0 Å². The lowest BCUT2D eigenvalue weighted by Crippen LogP contribution is -1.78. The molecule has 62 valence electrons. The van der Waals surface area contributed by atoms with Crippen LogP contribution in [0.3, 0.4) is 0 Å². The van der Waals surface area contributed by atoms with Gasteiger partial charge in [0.15, 0.2) is 0 Å². The molecule has 1 aromatic rings. The van der Waals surface area contributed by atoms with Crippen LogP contribution >= 0.6 is 0 Å². The normalized spacial score (nSPS) is 9.08. The maximum Gasteiger partial charge on any atom is 0.240 e. The van der Waals surface area contributed by atoms with Crippen LogP contribution in [0.4, 0.5) is 5.69 Å². The van der Waals surface area contributed by atoms with Crippen LogP contribution in [0.2, 0.25) is 0 Å². The minimum Gasteiger partial charge on any atom is -0.506 e. The van der Waals surface area contributed by atoms with Crippen molar-refractivity contribution >= 4 is 11.8 Å². The molecule has 0 bridgehead atoms. The lowest BCUT2D eigenvalue weighted by molar-refractivity contribution is 0.476. The van der Waals surface area contributed by atoms with Crippen molar-refractivity contribution in [3.05, 3.63) is 23.8 Å². The van der Waals surface area contributed by atoms with Gasteiger partial charge >= 0.3 is 0 Å². The molecule has 0 radical (unpaired) electrons. The molecule has 0 aliphatic heterocycles. The fourth-order valence-electron chi connectivity index (χ4n) is 0.928. The number of phenols is 1. The summed E-state index contributed by atoms with van der Waals surface area (Å²) >= 11 is 0. The van der Waals surface area contributed by atoms with E-state index >= 15 is 0 Å². The van der Waals surface area contributed by atoms with E-state index < -0.39 is 0 Å². The van der Waals surface area contributed by atoms with Crippen LogP contribution in [0.1, 0.15) is 12.5 Å². The minimum atomic E-state index is 0.00977. The smallest absolute Gasteiger partial charge is 0.240 e. The van der Waals surface area contributed by atoms with Gasteiger partial charge in [-0.2, -0.15) is 4.99 Å². The highest BCUT2D eigenvalue weighted by Crippen LogP contribution is 2.26. The van der Waals surface area contributed by atoms with Gasteiger partial charge in [0.1, 0.15) is 11.4 Å².